The molecule has 0 N–H and O–H groups in total. The van der Waals surface area contributed by atoms with Gasteiger partial charge in [-0.25, -0.2) is 8.78 Å². The van der Waals surface area contributed by atoms with Crippen molar-refractivity contribution in [2.24, 2.45) is 0 Å². The van der Waals surface area contributed by atoms with Gasteiger partial charge in [-0.2, -0.15) is 4.98 Å². The predicted octanol–water partition coefficient (Wildman–Crippen LogP) is 3.42. The number of hydrogen-bond acceptors (Lipinski definition) is 4. The highest BCUT2D eigenvalue weighted by molar-refractivity contribution is 5.94. The fraction of sp³-hybridized carbons (Fsp3) is 0.500. The number of nitrogens with zero attached hydrogens (tertiary/aromatic N) is 3. The van der Waals surface area contributed by atoms with Crippen LogP contribution < -0.4 is 0 Å². The molecule has 132 valence electrons. The number of carbonyl (C=O) groups excluding carboxylic acids is 1. The summed E-state index contributed by atoms with van der Waals surface area (Å²) in [5, 5.41) is 4.05. The fourth-order valence-electron chi connectivity index (χ4n) is 3.41. The number of amides is 1. The first-order chi connectivity index (χ1) is 12.0. The number of benzene rings is 1. The van der Waals surface area contributed by atoms with Crippen LogP contribution in [0.3, 0.4) is 0 Å². The van der Waals surface area contributed by atoms with Gasteiger partial charge in [0, 0.05) is 19.0 Å². The van der Waals surface area contributed by atoms with Crippen LogP contribution in [0.4, 0.5) is 8.78 Å². The van der Waals surface area contributed by atoms with Gasteiger partial charge in [-0.3, -0.25) is 4.79 Å². The summed E-state index contributed by atoms with van der Waals surface area (Å²) in [6.07, 6.45) is 3.70. The van der Waals surface area contributed by atoms with Crippen LogP contribution in [-0.4, -0.2) is 34.0 Å². The smallest absolute Gasteiger partial charge is 0.256 e. The zero-order valence-corrected chi connectivity index (χ0v) is 14.0. The van der Waals surface area contributed by atoms with Crippen molar-refractivity contribution < 1.29 is 18.1 Å². The highest BCUT2D eigenvalue weighted by Gasteiger charge is 2.41. The average molecular weight is 347 g/mol. The topological polar surface area (TPSA) is 59.2 Å². The van der Waals surface area contributed by atoms with E-state index in [-0.39, 0.29) is 5.56 Å². The van der Waals surface area contributed by atoms with Gasteiger partial charge in [-0.05, 0) is 50.8 Å². The summed E-state index contributed by atoms with van der Waals surface area (Å²) < 4.78 is 32.8. The molecule has 2 heterocycles. The minimum Gasteiger partial charge on any atom is -0.339 e. The van der Waals surface area contributed by atoms with Crippen LogP contribution in [0.15, 0.2) is 22.7 Å². The fourth-order valence-corrected chi connectivity index (χ4v) is 3.41. The second kappa shape index (κ2) is 5.89. The Balaban J connectivity index is 1.57. The molecular formula is C18H19F2N3O2. The maximum atomic E-state index is 13.9. The van der Waals surface area contributed by atoms with Gasteiger partial charge in [-0.15, -0.1) is 0 Å². The zero-order chi connectivity index (χ0) is 17.6. The predicted molar refractivity (Wildman–Crippen MR) is 85.1 cm³/mol. The second-order valence-electron chi connectivity index (χ2n) is 7.25. The molecule has 2 aliphatic rings. The minimum atomic E-state index is -0.715. The molecule has 2 aromatic rings. The molecule has 25 heavy (non-hydrogen) atoms. The van der Waals surface area contributed by atoms with Crippen molar-refractivity contribution in [2.45, 2.75) is 43.9 Å². The van der Waals surface area contributed by atoms with Gasteiger partial charge < -0.3 is 9.42 Å². The molecule has 0 unspecified atom stereocenters. The van der Waals surface area contributed by atoms with Crippen LogP contribution in [0.1, 0.15) is 60.6 Å². The summed E-state index contributed by atoms with van der Waals surface area (Å²) in [4.78, 5) is 18.7. The van der Waals surface area contributed by atoms with Crippen LogP contribution >= 0.6 is 0 Å². The molecule has 1 aromatic heterocycles. The normalized spacial score (nSPS) is 23.7. The first kappa shape index (κ1) is 16.2. The van der Waals surface area contributed by atoms with E-state index in [1.54, 1.807) is 4.90 Å². The number of piperidine rings is 1. The molecule has 1 aromatic carbocycles. The van der Waals surface area contributed by atoms with E-state index < -0.39 is 23.0 Å². The Bertz CT molecular complexity index is 818. The Morgan fingerprint density at radius 2 is 2.16 bits per heavy atom. The van der Waals surface area contributed by atoms with Crippen molar-refractivity contribution in [3.05, 3.63) is 47.1 Å². The molecule has 1 amide bonds. The summed E-state index contributed by atoms with van der Waals surface area (Å²) >= 11 is 0. The lowest BCUT2D eigenvalue weighted by Crippen LogP contribution is -2.47. The summed E-state index contributed by atoms with van der Waals surface area (Å²) in [7, 11) is 0. The molecule has 1 aliphatic heterocycles. The zero-order valence-electron chi connectivity index (χ0n) is 14.0. The Morgan fingerprint density at radius 1 is 1.36 bits per heavy atom. The van der Waals surface area contributed by atoms with Gasteiger partial charge in [-0.1, -0.05) is 5.16 Å². The SMILES string of the molecule is C[C@]1(c2nc(C3CC3)no2)CCCN(C(=O)c2cc(F)ccc2F)C1. The largest absolute Gasteiger partial charge is 0.339 e. The monoisotopic (exact) mass is 347 g/mol. The maximum Gasteiger partial charge on any atom is 0.256 e. The molecule has 4 rings (SSSR count). The van der Waals surface area contributed by atoms with E-state index >= 15 is 0 Å². The lowest BCUT2D eigenvalue weighted by Gasteiger charge is -2.38. The molecule has 1 atom stereocenters. The Labute approximate surface area is 144 Å². The van der Waals surface area contributed by atoms with Crippen molar-refractivity contribution in [3.8, 4) is 0 Å². The lowest BCUT2D eigenvalue weighted by atomic mass is 9.81. The third-order valence-corrected chi connectivity index (χ3v) is 5.04. The molecule has 1 saturated heterocycles. The molecular weight excluding hydrogens is 328 g/mol. The highest BCUT2D eigenvalue weighted by Crippen LogP contribution is 2.40. The number of likely N-dealkylation sites (tertiary alicyclic amines) is 1. The Morgan fingerprint density at radius 3 is 2.92 bits per heavy atom. The lowest BCUT2D eigenvalue weighted by molar-refractivity contribution is 0.0614. The van der Waals surface area contributed by atoms with Crippen LogP contribution in [-0.2, 0) is 5.41 Å². The third-order valence-electron chi connectivity index (χ3n) is 5.04. The van der Waals surface area contributed by atoms with E-state index in [4.69, 9.17) is 4.52 Å². The van der Waals surface area contributed by atoms with E-state index in [2.05, 4.69) is 10.1 Å². The van der Waals surface area contributed by atoms with Gasteiger partial charge in [0.05, 0.1) is 11.0 Å². The summed E-state index contributed by atoms with van der Waals surface area (Å²) in [6.45, 7) is 2.81. The maximum absolute atomic E-state index is 13.9. The van der Waals surface area contributed by atoms with Crippen LogP contribution in [0, 0.1) is 11.6 Å². The van der Waals surface area contributed by atoms with Gasteiger partial charge in [0.2, 0.25) is 5.89 Å². The van der Waals surface area contributed by atoms with E-state index in [9.17, 15) is 13.6 Å². The van der Waals surface area contributed by atoms with Crippen molar-refractivity contribution in [3.63, 3.8) is 0 Å². The molecule has 0 radical (unpaired) electrons. The molecule has 0 bridgehead atoms. The average Bonchev–Trinajstić information content (AvgIpc) is 3.32. The van der Waals surface area contributed by atoms with E-state index in [1.807, 2.05) is 6.92 Å². The summed E-state index contributed by atoms with van der Waals surface area (Å²) in [5.74, 6) is -0.209. The van der Waals surface area contributed by atoms with E-state index in [0.29, 0.717) is 24.9 Å². The first-order valence-electron chi connectivity index (χ1n) is 8.55. The van der Waals surface area contributed by atoms with Crippen molar-refractivity contribution >= 4 is 5.91 Å². The third kappa shape index (κ3) is 3.03. The van der Waals surface area contributed by atoms with Crippen LogP contribution in [0.5, 0.6) is 0 Å². The number of rotatable bonds is 3. The molecule has 1 aliphatic carbocycles. The van der Waals surface area contributed by atoms with E-state index in [1.165, 1.54) is 0 Å². The first-order valence-corrected chi connectivity index (χ1v) is 8.55. The van der Waals surface area contributed by atoms with Crippen molar-refractivity contribution in [1.82, 2.24) is 15.0 Å². The molecule has 0 spiro atoms. The van der Waals surface area contributed by atoms with Gasteiger partial charge in [0.15, 0.2) is 5.82 Å². The Hall–Kier alpha value is -2.31. The second-order valence-corrected chi connectivity index (χ2v) is 7.25. The quantitative estimate of drug-likeness (QED) is 0.854. The molecule has 7 heteroatoms. The molecule has 1 saturated carbocycles. The highest BCUT2D eigenvalue weighted by atomic mass is 19.1. The van der Waals surface area contributed by atoms with Crippen LogP contribution in [0.2, 0.25) is 0 Å². The number of aromatic nitrogens is 2. The van der Waals surface area contributed by atoms with Crippen molar-refractivity contribution in [2.75, 3.05) is 13.1 Å². The van der Waals surface area contributed by atoms with Crippen LogP contribution in [0.25, 0.3) is 0 Å². The summed E-state index contributed by atoms with van der Waals surface area (Å²) in [5.41, 5.74) is -0.717. The van der Waals surface area contributed by atoms with Gasteiger partial charge in [0.25, 0.3) is 5.91 Å². The number of hydrogen-bond donors (Lipinski definition) is 0. The van der Waals surface area contributed by atoms with Gasteiger partial charge >= 0.3 is 0 Å². The van der Waals surface area contributed by atoms with E-state index in [0.717, 1.165) is 49.7 Å². The number of halogens is 2. The standard InChI is InChI=1S/C18H19F2N3O2/c1-18(17-21-15(22-25-17)11-3-4-11)7-2-8-23(10-18)16(24)13-9-12(19)5-6-14(13)20/h5-6,9,11H,2-4,7-8,10H2,1H3/t18-/m0/s1. The minimum absolute atomic E-state index is 0.242. The van der Waals surface area contributed by atoms with Crippen molar-refractivity contribution in [1.29, 1.82) is 0 Å². The summed E-state index contributed by atoms with van der Waals surface area (Å²) in [6, 6.07) is 2.93. The van der Waals surface area contributed by atoms with Gasteiger partial charge in [0.1, 0.15) is 11.6 Å². The Kier molecular flexibility index (Phi) is 3.81. The molecule has 2 fully saturated rings. The number of carbonyl (C=O) groups is 1. The molecule has 5 nitrogen and oxygen atoms in total.